The van der Waals surface area contributed by atoms with E-state index >= 15 is 0 Å². The van der Waals surface area contributed by atoms with Crippen LogP contribution in [0.3, 0.4) is 0 Å². The molecule has 2 aromatic carbocycles. The number of rotatable bonds is 4. The Morgan fingerprint density at radius 3 is 2.32 bits per heavy atom. The number of aryl methyl sites for hydroxylation is 1. The van der Waals surface area contributed by atoms with Crippen LogP contribution in [-0.4, -0.2) is 50.1 Å². The molecule has 38 heavy (non-hydrogen) atoms. The van der Waals surface area contributed by atoms with Gasteiger partial charge in [-0.15, -0.1) is 0 Å². The van der Waals surface area contributed by atoms with E-state index in [1.54, 1.807) is 0 Å². The van der Waals surface area contributed by atoms with E-state index in [2.05, 4.69) is 27.7 Å². The Morgan fingerprint density at radius 1 is 1.00 bits per heavy atom. The lowest BCUT2D eigenvalue weighted by Crippen LogP contribution is -2.41. The lowest BCUT2D eigenvalue weighted by Gasteiger charge is -2.42. The largest absolute Gasteiger partial charge is 0.458 e. The molecular formula is C25H23Cl2F6N3O2. The maximum atomic E-state index is 11.2. The summed E-state index contributed by atoms with van der Waals surface area (Å²) in [4.78, 5) is 21.9. The van der Waals surface area contributed by atoms with Crippen molar-refractivity contribution in [1.82, 2.24) is 5.32 Å². The number of hydrogen-bond acceptors (Lipinski definition) is 5. The van der Waals surface area contributed by atoms with Gasteiger partial charge in [0, 0.05) is 60.1 Å². The Morgan fingerprint density at radius 2 is 1.68 bits per heavy atom. The average molecular weight is 582 g/mol. The van der Waals surface area contributed by atoms with Gasteiger partial charge in [-0.1, -0.05) is 29.3 Å². The van der Waals surface area contributed by atoms with Gasteiger partial charge < -0.3 is 15.5 Å². The van der Waals surface area contributed by atoms with Gasteiger partial charge in [0.2, 0.25) is 0 Å². The molecule has 206 valence electrons. The van der Waals surface area contributed by atoms with Gasteiger partial charge in [0.1, 0.15) is 0 Å². The maximum absolute atomic E-state index is 11.2. The second-order valence-electron chi connectivity index (χ2n) is 9.39. The van der Waals surface area contributed by atoms with Gasteiger partial charge in [-0.05, 0) is 59.7 Å². The monoisotopic (exact) mass is 581 g/mol. The lowest BCUT2D eigenvalue weighted by atomic mass is 9.80. The fourth-order valence-corrected chi connectivity index (χ4v) is 5.60. The van der Waals surface area contributed by atoms with Crippen molar-refractivity contribution < 1.29 is 35.9 Å². The molecule has 3 aliphatic rings. The zero-order valence-corrected chi connectivity index (χ0v) is 21.3. The highest BCUT2D eigenvalue weighted by Gasteiger charge is 2.54. The summed E-state index contributed by atoms with van der Waals surface area (Å²) in [6, 6.07) is 10.4. The topological polar surface area (TPSA) is 61.4 Å². The summed E-state index contributed by atoms with van der Waals surface area (Å²) in [6.07, 6.45) is -9.11. The SMILES string of the molecule is Clc1ccc(CNc2cc3c4c(c2)[C@@H]2CNC[C@@H]2CN4CCC3)c(Cl)c1.O=C(C(=O)C(F)(F)F)C(F)(F)F. The standard InChI is InChI=1S/C21H23Cl2N3.C4F6O2/c22-16-4-3-14(20(23)7-16)10-25-17-6-13-2-1-5-26-12-15-9-24-11-19(15)18(8-17)21(13)26;5-3(6,7)1(11)2(12)4(8,9)10/h3-4,6-8,15,19,24-25H,1-2,5,9-12H2;/t15-,19-;/m1./s1. The second-order valence-corrected chi connectivity index (χ2v) is 10.2. The Hall–Kier alpha value is -2.50. The van der Waals surface area contributed by atoms with Gasteiger partial charge in [-0.3, -0.25) is 9.59 Å². The molecule has 13 heteroatoms. The Kier molecular flexibility index (Phi) is 8.20. The molecule has 2 atom stereocenters. The fraction of sp³-hybridized carbons (Fsp3) is 0.440. The number of hydrogen-bond donors (Lipinski definition) is 2. The summed E-state index contributed by atoms with van der Waals surface area (Å²) < 4.78 is 67.0. The predicted octanol–water partition coefficient (Wildman–Crippen LogP) is 5.92. The summed E-state index contributed by atoms with van der Waals surface area (Å²) >= 11 is 12.3. The van der Waals surface area contributed by atoms with Crippen LogP contribution in [0.2, 0.25) is 10.0 Å². The zero-order chi connectivity index (χ0) is 27.8. The number of fused-ring (bicyclic) bond motifs is 2. The molecule has 0 radical (unpaired) electrons. The molecule has 5 nitrogen and oxygen atoms in total. The van der Waals surface area contributed by atoms with E-state index in [-0.39, 0.29) is 0 Å². The number of carbonyl (C=O) groups is 2. The highest BCUT2D eigenvalue weighted by Crippen LogP contribution is 2.45. The van der Waals surface area contributed by atoms with Gasteiger partial charge in [-0.25, -0.2) is 0 Å². The van der Waals surface area contributed by atoms with E-state index < -0.39 is 23.9 Å². The summed E-state index contributed by atoms with van der Waals surface area (Å²) in [5, 5.41) is 8.60. The first-order valence-corrected chi connectivity index (χ1v) is 12.5. The molecule has 3 aliphatic heterocycles. The van der Waals surface area contributed by atoms with Crippen molar-refractivity contribution in [3.05, 3.63) is 57.1 Å². The molecule has 0 spiro atoms. The minimum Gasteiger partial charge on any atom is -0.381 e. The van der Waals surface area contributed by atoms with E-state index in [1.807, 2.05) is 18.2 Å². The van der Waals surface area contributed by atoms with Crippen LogP contribution in [0.25, 0.3) is 0 Å². The van der Waals surface area contributed by atoms with E-state index in [4.69, 9.17) is 23.2 Å². The van der Waals surface area contributed by atoms with Crippen LogP contribution in [0.5, 0.6) is 0 Å². The quantitative estimate of drug-likeness (QED) is 0.346. The number of nitrogens with zero attached hydrogens (tertiary/aromatic N) is 1. The average Bonchev–Trinajstić information content (AvgIpc) is 3.31. The first-order chi connectivity index (χ1) is 17.8. The molecule has 3 heterocycles. The van der Waals surface area contributed by atoms with Crippen LogP contribution in [0, 0.1) is 5.92 Å². The van der Waals surface area contributed by atoms with Crippen LogP contribution in [0.4, 0.5) is 37.7 Å². The van der Waals surface area contributed by atoms with Crippen molar-refractivity contribution in [2.75, 3.05) is 36.4 Å². The normalized spacial score (nSPS) is 20.2. The number of carbonyl (C=O) groups excluding carboxylic acids is 2. The van der Waals surface area contributed by atoms with Gasteiger partial charge in [0.05, 0.1) is 0 Å². The molecule has 1 fully saturated rings. The smallest absolute Gasteiger partial charge is 0.381 e. The molecule has 0 saturated carbocycles. The third-order valence-electron chi connectivity index (χ3n) is 6.82. The first kappa shape index (κ1) is 28.5. The van der Waals surface area contributed by atoms with E-state index in [9.17, 15) is 35.9 Å². The number of anilines is 2. The minimum absolute atomic E-state index is 0.652. The predicted molar refractivity (Wildman–Crippen MR) is 132 cm³/mol. The van der Waals surface area contributed by atoms with Crippen LogP contribution in [0.1, 0.15) is 29.0 Å². The van der Waals surface area contributed by atoms with Crippen molar-refractivity contribution in [1.29, 1.82) is 0 Å². The Bertz CT molecular complexity index is 1210. The molecule has 0 amide bonds. The van der Waals surface area contributed by atoms with Crippen LogP contribution < -0.4 is 15.5 Å². The van der Waals surface area contributed by atoms with Crippen molar-refractivity contribution in [3.63, 3.8) is 0 Å². The molecule has 2 aromatic rings. The summed E-state index contributed by atoms with van der Waals surface area (Å²) in [5.74, 6) is -5.42. The summed E-state index contributed by atoms with van der Waals surface area (Å²) in [6.45, 7) is 5.39. The Labute approximate surface area is 224 Å². The van der Waals surface area contributed by atoms with Crippen LogP contribution >= 0.6 is 23.2 Å². The first-order valence-electron chi connectivity index (χ1n) is 11.8. The van der Waals surface area contributed by atoms with Crippen LogP contribution in [-0.2, 0) is 22.6 Å². The van der Waals surface area contributed by atoms with E-state index in [0.717, 1.165) is 29.6 Å². The van der Waals surface area contributed by atoms with Gasteiger partial charge >= 0.3 is 23.9 Å². The number of ketones is 2. The zero-order valence-electron chi connectivity index (χ0n) is 19.8. The molecule has 0 unspecified atom stereocenters. The molecule has 2 N–H and O–H groups in total. The third kappa shape index (κ3) is 6.21. The number of alkyl halides is 6. The summed E-state index contributed by atoms with van der Waals surface area (Å²) in [7, 11) is 0. The fourth-order valence-electron chi connectivity index (χ4n) is 5.13. The van der Waals surface area contributed by atoms with E-state index in [1.165, 1.54) is 48.4 Å². The highest BCUT2D eigenvalue weighted by atomic mass is 35.5. The molecule has 5 rings (SSSR count). The number of halogens is 8. The molecule has 0 bridgehead atoms. The second kappa shape index (κ2) is 10.9. The van der Waals surface area contributed by atoms with Crippen molar-refractivity contribution in [2.24, 2.45) is 5.92 Å². The number of nitrogens with one attached hydrogen (secondary N) is 2. The molecule has 1 saturated heterocycles. The maximum Gasteiger partial charge on any atom is 0.458 e. The van der Waals surface area contributed by atoms with E-state index in [0.29, 0.717) is 17.5 Å². The van der Waals surface area contributed by atoms with Crippen molar-refractivity contribution >= 4 is 46.1 Å². The van der Waals surface area contributed by atoms with Gasteiger partial charge in [-0.2, -0.15) is 26.3 Å². The molecule has 0 aliphatic carbocycles. The van der Waals surface area contributed by atoms with Crippen molar-refractivity contribution in [2.45, 2.75) is 37.7 Å². The lowest BCUT2D eigenvalue weighted by molar-refractivity contribution is -0.193. The third-order valence-corrected chi connectivity index (χ3v) is 7.41. The van der Waals surface area contributed by atoms with Gasteiger partial charge in [0.25, 0.3) is 0 Å². The van der Waals surface area contributed by atoms with Crippen molar-refractivity contribution in [3.8, 4) is 0 Å². The molecular weight excluding hydrogens is 559 g/mol. The number of benzene rings is 2. The Balaban J connectivity index is 0.000000240. The van der Waals surface area contributed by atoms with Gasteiger partial charge in [0.15, 0.2) is 0 Å². The highest BCUT2D eigenvalue weighted by molar-refractivity contribution is 6.41. The summed E-state index contributed by atoms with van der Waals surface area (Å²) in [5.41, 5.74) is 6.84. The van der Waals surface area contributed by atoms with Crippen LogP contribution in [0.15, 0.2) is 30.3 Å². The minimum atomic E-state index is -5.77. The number of Topliss-reactive ketones (excluding diaryl/α,β-unsaturated/α-hetero) is 2. The molecule has 0 aromatic heterocycles.